The first-order valence-corrected chi connectivity index (χ1v) is 6.56. The Hall–Kier alpha value is -1.21. The molecule has 1 unspecified atom stereocenters. The zero-order chi connectivity index (χ0) is 12.3. The first kappa shape index (κ1) is 12.3. The van der Waals surface area contributed by atoms with E-state index < -0.39 is 0 Å². The largest absolute Gasteiger partial charge is 0.374 e. The molecule has 2 rings (SSSR count). The van der Waals surface area contributed by atoms with Crippen molar-refractivity contribution >= 4 is 22.4 Å². The minimum Gasteiger partial charge on any atom is -0.374 e. The number of piperazine rings is 1. The zero-order valence-corrected chi connectivity index (χ0v) is 10.9. The fourth-order valence-corrected chi connectivity index (χ4v) is 2.49. The average Bonchev–Trinajstić information content (AvgIpc) is 2.73. The van der Waals surface area contributed by atoms with Crippen LogP contribution in [-0.4, -0.2) is 46.1 Å². The van der Waals surface area contributed by atoms with E-state index in [1.165, 1.54) is 11.5 Å². The number of hydrogen-bond acceptors (Lipinski definition) is 6. The van der Waals surface area contributed by atoms with Gasteiger partial charge in [0.1, 0.15) is 10.7 Å². The van der Waals surface area contributed by atoms with Crippen molar-refractivity contribution in [2.45, 2.75) is 26.4 Å². The Balaban J connectivity index is 2.04. The lowest BCUT2D eigenvalue weighted by atomic mass is 10.2. The Kier molecular flexibility index (Phi) is 3.90. The maximum Gasteiger partial charge on any atom is 0.237 e. The number of hydrogen-bond donors (Lipinski definition) is 2. The van der Waals surface area contributed by atoms with Crippen molar-refractivity contribution in [3.05, 3.63) is 5.69 Å². The van der Waals surface area contributed by atoms with Crippen molar-refractivity contribution in [1.29, 1.82) is 0 Å². The van der Waals surface area contributed by atoms with Crippen LogP contribution in [0.2, 0.25) is 0 Å². The first-order valence-electron chi connectivity index (χ1n) is 5.79. The second-order valence-electron chi connectivity index (χ2n) is 4.02. The van der Waals surface area contributed by atoms with Gasteiger partial charge in [0.25, 0.3) is 0 Å². The number of anilines is 1. The van der Waals surface area contributed by atoms with Crippen LogP contribution in [0.25, 0.3) is 0 Å². The van der Waals surface area contributed by atoms with Gasteiger partial charge in [0.15, 0.2) is 0 Å². The summed E-state index contributed by atoms with van der Waals surface area (Å²) in [5, 5.41) is 11.2. The topological polar surface area (TPSA) is 70.2 Å². The molecule has 2 N–H and O–H groups in total. The second kappa shape index (κ2) is 5.42. The predicted molar refractivity (Wildman–Crippen MR) is 67.0 cm³/mol. The van der Waals surface area contributed by atoms with Gasteiger partial charge in [-0.25, -0.2) is 0 Å². The maximum absolute atomic E-state index is 11.5. The lowest BCUT2D eigenvalue weighted by Gasteiger charge is -2.32. The summed E-state index contributed by atoms with van der Waals surface area (Å²) >= 11 is 1.37. The molecule has 6 nitrogen and oxygen atoms in total. The minimum absolute atomic E-state index is 0.0874. The molecule has 0 saturated carbocycles. The van der Waals surface area contributed by atoms with Gasteiger partial charge in [-0.15, -0.1) is 5.10 Å². The molecule has 0 spiro atoms. The van der Waals surface area contributed by atoms with Crippen molar-refractivity contribution in [3.63, 3.8) is 0 Å². The molecule has 0 aliphatic carbocycles. The number of aromatic nitrogens is 2. The van der Waals surface area contributed by atoms with E-state index in [0.717, 1.165) is 23.8 Å². The third-order valence-corrected chi connectivity index (χ3v) is 3.60. The van der Waals surface area contributed by atoms with Crippen molar-refractivity contribution in [1.82, 2.24) is 19.8 Å². The molecule has 1 aromatic heterocycles. The van der Waals surface area contributed by atoms with E-state index in [4.69, 9.17) is 0 Å². The summed E-state index contributed by atoms with van der Waals surface area (Å²) in [4.78, 5) is 13.7. The Bertz CT molecular complexity index is 394. The molecule has 7 heteroatoms. The van der Waals surface area contributed by atoms with E-state index >= 15 is 0 Å². The quantitative estimate of drug-likeness (QED) is 0.809. The number of nitrogens with zero attached hydrogens (tertiary/aromatic N) is 3. The highest BCUT2D eigenvalue weighted by atomic mass is 32.1. The molecule has 1 atom stereocenters. The van der Waals surface area contributed by atoms with E-state index in [1.54, 1.807) is 0 Å². The van der Waals surface area contributed by atoms with E-state index in [0.29, 0.717) is 13.1 Å². The summed E-state index contributed by atoms with van der Waals surface area (Å²) in [7, 11) is 0. The van der Waals surface area contributed by atoms with E-state index in [9.17, 15) is 4.79 Å². The summed E-state index contributed by atoms with van der Waals surface area (Å²) in [5.74, 6) is 0.0874. The highest BCUT2D eigenvalue weighted by Gasteiger charge is 2.26. The van der Waals surface area contributed by atoms with Gasteiger partial charge in [-0.2, -0.15) is 0 Å². The number of carbonyl (C=O) groups is 1. The molecule has 0 bridgehead atoms. The summed E-state index contributed by atoms with van der Waals surface area (Å²) < 4.78 is 3.95. The molecule has 0 aromatic carbocycles. The van der Waals surface area contributed by atoms with E-state index in [1.807, 2.05) is 13.8 Å². The molecule has 1 aliphatic heterocycles. The molecule has 1 amide bonds. The number of rotatable bonds is 4. The van der Waals surface area contributed by atoms with Crippen LogP contribution in [0.3, 0.4) is 0 Å². The molecule has 2 heterocycles. The molecule has 1 aromatic rings. The molecular weight excluding hydrogens is 238 g/mol. The number of carbonyl (C=O) groups excluding carboxylic acids is 1. The van der Waals surface area contributed by atoms with Crippen LogP contribution in [0.4, 0.5) is 5.00 Å². The molecule has 1 aliphatic rings. The highest BCUT2D eigenvalue weighted by molar-refractivity contribution is 7.10. The van der Waals surface area contributed by atoms with Crippen molar-refractivity contribution in [2.75, 3.05) is 25.0 Å². The molecule has 94 valence electrons. The maximum atomic E-state index is 11.5. The van der Waals surface area contributed by atoms with Crippen LogP contribution < -0.4 is 10.6 Å². The van der Waals surface area contributed by atoms with Crippen LogP contribution >= 0.6 is 11.5 Å². The number of nitrogens with one attached hydrogen (secondary N) is 2. The summed E-state index contributed by atoms with van der Waals surface area (Å²) in [6.45, 7) is 7.05. The summed E-state index contributed by atoms with van der Waals surface area (Å²) in [6, 6.07) is -0.0973. The standard InChI is InChI=1S/C10H17N5OS/c1-3-11-10-8(13-14-17-10)6-15-5-4-12-9(16)7(15)2/h7,11H,3-6H2,1-2H3,(H,12,16). The summed E-state index contributed by atoms with van der Waals surface area (Å²) in [6.07, 6.45) is 0. The smallest absolute Gasteiger partial charge is 0.237 e. The predicted octanol–water partition coefficient (Wildman–Crippen LogP) is 0.290. The van der Waals surface area contributed by atoms with Gasteiger partial charge in [-0.3, -0.25) is 9.69 Å². The van der Waals surface area contributed by atoms with Gasteiger partial charge in [0.2, 0.25) is 5.91 Å². The molecule has 17 heavy (non-hydrogen) atoms. The Morgan fingerprint density at radius 2 is 2.47 bits per heavy atom. The molecule has 1 fully saturated rings. The minimum atomic E-state index is -0.0973. The van der Waals surface area contributed by atoms with Crippen LogP contribution in [0.5, 0.6) is 0 Å². The normalized spacial score (nSPS) is 21.3. The van der Waals surface area contributed by atoms with Crippen LogP contribution in [-0.2, 0) is 11.3 Å². The van der Waals surface area contributed by atoms with Crippen LogP contribution in [0.15, 0.2) is 0 Å². The Morgan fingerprint density at radius 1 is 1.65 bits per heavy atom. The van der Waals surface area contributed by atoms with E-state index in [-0.39, 0.29) is 11.9 Å². The second-order valence-corrected chi connectivity index (χ2v) is 4.77. The average molecular weight is 255 g/mol. The van der Waals surface area contributed by atoms with Gasteiger partial charge in [-0.05, 0) is 13.8 Å². The Morgan fingerprint density at radius 3 is 3.24 bits per heavy atom. The van der Waals surface area contributed by atoms with Crippen LogP contribution in [0.1, 0.15) is 19.5 Å². The van der Waals surface area contributed by atoms with Gasteiger partial charge in [0, 0.05) is 37.7 Å². The fourth-order valence-electron chi connectivity index (χ4n) is 1.85. The number of amides is 1. The molecule has 1 saturated heterocycles. The zero-order valence-electron chi connectivity index (χ0n) is 10.1. The fraction of sp³-hybridized carbons (Fsp3) is 0.700. The first-order chi connectivity index (χ1) is 8.22. The summed E-state index contributed by atoms with van der Waals surface area (Å²) in [5.41, 5.74) is 0.929. The van der Waals surface area contributed by atoms with Gasteiger partial charge in [0.05, 0.1) is 6.04 Å². The van der Waals surface area contributed by atoms with E-state index in [2.05, 4.69) is 25.1 Å². The lowest BCUT2D eigenvalue weighted by molar-refractivity contribution is -0.128. The third-order valence-electron chi connectivity index (χ3n) is 2.87. The Labute approximate surface area is 105 Å². The van der Waals surface area contributed by atoms with Gasteiger partial charge in [-0.1, -0.05) is 4.49 Å². The van der Waals surface area contributed by atoms with Crippen molar-refractivity contribution < 1.29 is 4.79 Å². The molecular formula is C10H17N5OS. The third kappa shape index (κ3) is 2.73. The monoisotopic (exact) mass is 255 g/mol. The highest BCUT2D eigenvalue weighted by Crippen LogP contribution is 2.20. The van der Waals surface area contributed by atoms with Gasteiger partial charge < -0.3 is 10.6 Å². The van der Waals surface area contributed by atoms with Crippen molar-refractivity contribution in [3.8, 4) is 0 Å². The molecule has 0 radical (unpaired) electrons. The lowest BCUT2D eigenvalue weighted by Crippen LogP contribution is -2.53. The SMILES string of the molecule is CCNc1snnc1CN1CCNC(=O)C1C. The van der Waals surface area contributed by atoms with Crippen LogP contribution in [0, 0.1) is 0 Å². The van der Waals surface area contributed by atoms with Gasteiger partial charge >= 0.3 is 0 Å². The van der Waals surface area contributed by atoms with Crippen molar-refractivity contribution in [2.24, 2.45) is 0 Å².